The van der Waals surface area contributed by atoms with E-state index in [0.717, 1.165) is 24.1 Å². The van der Waals surface area contributed by atoms with Gasteiger partial charge in [-0.1, -0.05) is 43.2 Å². The molecule has 0 atom stereocenters. The fraction of sp³-hybridized carbons (Fsp3) is 0.435. The molecule has 0 unspecified atom stereocenters. The number of carbonyl (C=O) groups is 1. The number of anilines is 1. The Morgan fingerprint density at radius 2 is 1.72 bits per heavy atom. The monoisotopic (exact) mass is 414 g/mol. The number of hydrogen-bond acceptors (Lipinski definition) is 4. The second-order valence-corrected chi connectivity index (χ2v) is 10.2. The smallest absolute Gasteiger partial charge is 0.241 e. The van der Waals surface area contributed by atoms with E-state index >= 15 is 0 Å². The highest BCUT2D eigenvalue weighted by Crippen LogP contribution is 2.41. The summed E-state index contributed by atoms with van der Waals surface area (Å²) in [4.78, 5) is 15.5. The molecular formula is C23H30N2O3S. The normalized spacial score (nSPS) is 15.8. The number of nitrogens with zero attached hydrogens (tertiary/aromatic N) is 1. The molecule has 0 radical (unpaired) electrons. The minimum absolute atomic E-state index is 0.288. The van der Waals surface area contributed by atoms with Gasteiger partial charge in [-0.15, -0.1) is 0 Å². The molecule has 0 bridgehead atoms. The van der Waals surface area contributed by atoms with Crippen LogP contribution in [0.4, 0.5) is 5.69 Å². The highest BCUT2D eigenvalue weighted by atomic mass is 32.2. The maximum absolute atomic E-state index is 13.6. The molecule has 1 aliphatic rings. The van der Waals surface area contributed by atoms with Gasteiger partial charge in [0.25, 0.3) is 0 Å². The zero-order valence-electron chi connectivity index (χ0n) is 17.4. The molecule has 0 saturated heterocycles. The largest absolute Gasteiger partial charge is 0.373 e. The summed E-state index contributed by atoms with van der Waals surface area (Å²) in [5.74, 6) is -0.364. The van der Waals surface area contributed by atoms with Crippen LogP contribution < -0.4 is 10.2 Å². The topological polar surface area (TPSA) is 66.5 Å². The molecule has 0 heterocycles. The van der Waals surface area contributed by atoms with Gasteiger partial charge >= 0.3 is 0 Å². The summed E-state index contributed by atoms with van der Waals surface area (Å²) in [6.45, 7) is 4.67. The lowest BCUT2D eigenvalue weighted by atomic mass is 10.1. The van der Waals surface area contributed by atoms with E-state index in [2.05, 4.69) is 5.32 Å². The zero-order valence-corrected chi connectivity index (χ0v) is 18.3. The summed E-state index contributed by atoms with van der Waals surface area (Å²) in [5.41, 5.74) is 2.63. The molecule has 0 aliphatic heterocycles. The van der Waals surface area contributed by atoms with Crippen LogP contribution in [0.3, 0.4) is 0 Å². The van der Waals surface area contributed by atoms with Gasteiger partial charge in [0.05, 0.1) is 4.90 Å². The van der Waals surface area contributed by atoms with Crippen LogP contribution in [0.5, 0.6) is 0 Å². The van der Waals surface area contributed by atoms with Crippen LogP contribution in [0.25, 0.3) is 0 Å². The first-order chi connectivity index (χ1) is 13.8. The first-order valence-electron chi connectivity index (χ1n) is 10.1. The van der Waals surface area contributed by atoms with Gasteiger partial charge in [0.15, 0.2) is 14.6 Å². The van der Waals surface area contributed by atoms with Gasteiger partial charge in [-0.25, -0.2) is 8.42 Å². The van der Waals surface area contributed by atoms with Crippen molar-refractivity contribution >= 4 is 21.4 Å². The lowest BCUT2D eigenvalue weighted by Crippen LogP contribution is -2.52. The Morgan fingerprint density at radius 3 is 2.38 bits per heavy atom. The van der Waals surface area contributed by atoms with Crippen LogP contribution in [-0.2, 0) is 14.6 Å². The minimum Gasteiger partial charge on any atom is -0.373 e. The van der Waals surface area contributed by atoms with E-state index in [1.807, 2.05) is 61.3 Å². The van der Waals surface area contributed by atoms with E-state index in [0.29, 0.717) is 31.5 Å². The van der Waals surface area contributed by atoms with Crippen molar-refractivity contribution in [1.82, 2.24) is 5.32 Å². The van der Waals surface area contributed by atoms with Crippen LogP contribution >= 0.6 is 0 Å². The Balaban J connectivity index is 1.78. The number of carbonyl (C=O) groups excluding carboxylic acids is 1. The number of rotatable bonds is 7. The third-order valence-electron chi connectivity index (χ3n) is 5.90. The molecule has 2 aromatic carbocycles. The van der Waals surface area contributed by atoms with Crippen molar-refractivity contribution in [3.63, 3.8) is 0 Å². The van der Waals surface area contributed by atoms with Crippen LogP contribution in [0.1, 0.15) is 36.8 Å². The Labute approximate surface area is 174 Å². The fourth-order valence-corrected chi connectivity index (χ4v) is 6.48. The number of amides is 1. The van der Waals surface area contributed by atoms with Crippen molar-refractivity contribution in [2.24, 2.45) is 0 Å². The Hall–Kier alpha value is -2.34. The Morgan fingerprint density at radius 1 is 1.07 bits per heavy atom. The zero-order chi connectivity index (χ0) is 21.1. The maximum Gasteiger partial charge on any atom is 0.241 e. The van der Waals surface area contributed by atoms with Gasteiger partial charge < -0.3 is 10.2 Å². The lowest BCUT2D eigenvalue weighted by Gasteiger charge is -2.29. The van der Waals surface area contributed by atoms with Gasteiger partial charge in [0, 0.05) is 25.8 Å². The number of aryl methyl sites for hydroxylation is 2. The molecule has 29 heavy (non-hydrogen) atoms. The number of benzene rings is 2. The Bertz CT molecular complexity index is 965. The van der Waals surface area contributed by atoms with Crippen molar-refractivity contribution < 1.29 is 13.2 Å². The number of nitrogens with one attached hydrogen (secondary N) is 1. The van der Waals surface area contributed by atoms with Crippen LogP contribution in [0.2, 0.25) is 0 Å². The highest BCUT2D eigenvalue weighted by molar-refractivity contribution is 7.93. The molecule has 5 nitrogen and oxygen atoms in total. The summed E-state index contributed by atoms with van der Waals surface area (Å²) in [7, 11) is -1.82. The highest BCUT2D eigenvalue weighted by Gasteiger charge is 2.53. The van der Waals surface area contributed by atoms with E-state index in [1.54, 1.807) is 13.0 Å². The van der Waals surface area contributed by atoms with Crippen molar-refractivity contribution in [2.75, 3.05) is 25.0 Å². The van der Waals surface area contributed by atoms with Crippen molar-refractivity contribution in [3.05, 3.63) is 59.7 Å². The third kappa shape index (κ3) is 4.17. The first-order valence-corrected chi connectivity index (χ1v) is 11.6. The molecule has 156 valence electrons. The van der Waals surface area contributed by atoms with Crippen LogP contribution in [0, 0.1) is 13.8 Å². The molecule has 0 aromatic heterocycles. The number of para-hydroxylation sites is 1. The van der Waals surface area contributed by atoms with Crippen molar-refractivity contribution in [2.45, 2.75) is 49.2 Å². The summed E-state index contributed by atoms with van der Waals surface area (Å²) in [6.07, 6.45) is 2.26. The van der Waals surface area contributed by atoms with E-state index < -0.39 is 14.6 Å². The van der Waals surface area contributed by atoms with Gasteiger partial charge in [-0.3, -0.25) is 4.79 Å². The van der Waals surface area contributed by atoms with Gasteiger partial charge in [-0.05, 0) is 56.0 Å². The molecule has 1 amide bonds. The second kappa shape index (κ2) is 8.57. The molecular weight excluding hydrogens is 384 g/mol. The second-order valence-electron chi connectivity index (χ2n) is 7.99. The van der Waals surface area contributed by atoms with Crippen LogP contribution in [-0.4, -0.2) is 39.2 Å². The average molecular weight is 415 g/mol. The molecule has 1 saturated carbocycles. The number of likely N-dealkylation sites (N-methyl/N-ethyl adjacent to an activating group) is 1. The van der Waals surface area contributed by atoms with Gasteiger partial charge in [-0.2, -0.15) is 0 Å². The van der Waals surface area contributed by atoms with Gasteiger partial charge in [0.1, 0.15) is 0 Å². The quantitative estimate of drug-likeness (QED) is 0.751. The third-order valence-corrected chi connectivity index (χ3v) is 8.54. The molecule has 1 N–H and O–H groups in total. The summed E-state index contributed by atoms with van der Waals surface area (Å²) in [5, 5.41) is 2.92. The summed E-state index contributed by atoms with van der Waals surface area (Å²) < 4.78 is 25.9. The Kier molecular flexibility index (Phi) is 6.32. The molecule has 1 fully saturated rings. The average Bonchev–Trinajstić information content (AvgIpc) is 3.22. The predicted molar refractivity (Wildman–Crippen MR) is 117 cm³/mol. The van der Waals surface area contributed by atoms with E-state index in [9.17, 15) is 13.2 Å². The number of sulfone groups is 1. The first kappa shape index (κ1) is 21.4. The molecule has 0 spiro atoms. The molecule has 1 aliphatic carbocycles. The fourth-order valence-electron chi connectivity index (χ4n) is 4.08. The molecule has 6 heteroatoms. The standard InChI is InChI=1S/C23H30N2O3S/c1-18-11-12-19(2)21(17-18)29(27,28)23(13-7-8-14-23)22(26)24-15-16-25(3)20-9-5-4-6-10-20/h4-6,9-12,17H,7-8,13-16H2,1-3H3,(H,24,26). The maximum atomic E-state index is 13.6. The van der Waals surface area contributed by atoms with Crippen molar-refractivity contribution in [3.8, 4) is 0 Å². The summed E-state index contributed by atoms with van der Waals surface area (Å²) in [6, 6.07) is 15.3. The predicted octanol–water partition coefficient (Wildman–Crippen LogP) is 3.64. The van der Waals surface area contributed by atoms with Crippen LogP contribution in [0.15, 0.2) is 53.4 Å². The minimum atomic E-state index is -3.78. The van der Waals surface area contributed by atoms with E-state index in [-0.39, 0.29) is 10.8 Å². The van der Waals surface area contributed by atoms with Gasteiger partial charge in [0.2, 0.25) is 5.91 Å². The summed E-state index contributed by atoms with van der Waals surface area (Å²) >= 11 is 0. The molecule has 2 aromatic rings. The SMILES string of the molecule is Cc1ccc(C)c(S(=O)(=O)C2(C(=O)NCCN(C)c3ccccc3)CCCC2)c1. The number of hydrogen-bond donors (Lipinski definition) is 1. The van der Waals surface area contributed by atoms with E-state index in [1.165, 1.54) is 0 Å². The lowest BCUT2D eigenvalue weighted by molar-refractivity contribution is -0.123. The van der Waals surface area contributed by atoms with E-state index in [4.69, 9.17) is 0 Å². The van der Waals surface area contributed by atoms with Crippen molar-refractivity contribution in [1.29, 1.82) is 0 Å². The molecule has 3 rings (SSSR count).